The number of carbonyl (C=O) groups is 2. The molecule has 1 aromatic carbocycles. The van der Waals surface area contributed by atoms with Crippen molar-refractivity contribution in [3.63, 3.8) is 0 Å². The third-order valence-corrected chi connectivity index (χ3v) is 5.06. The Morgan fingerprint density at radius 1 is 1.19 bits per heavy atom. The zero-order valence-corrected chi connectivity index (χ0v) is 12.3. The molecule has 0 radical (unpaired) electrons. The Morgan fingerprint density at radius 3 is 2.33 bits per heavy atom. The second-order valence-electron chi connectivity index (χ2n) is 6.47. The summed E-state index contributed by atoms with van der Waals surface area (Å²) in [6.45, 7) is 2.13. The zero-order valence-electron chi connectivity index (χ0n) is 12.3. The second kappa shape index (κ2) is 5.17. The van der Waals surface area contributed by atoms with Gasteiger partial charge in [0.1, 0.15) is 0 Å². The molecule has 2 atom stereocenters. The fourth-order valence-electron chi connectivity index (χ4n) is 3.39. The van der Waals surface area contributed by atoms with Crippen LogP contribution in [0, 0.1) is 11.8 Å². The molecule has 2 aliphatic rings. The van der Waals surface area contributed by atoms with Crippen molar-refractivity contribution in [2.75, 3.05) is 5.32 Å². The van der Waals surface area contributed by atoms with Gasteiger partial charge in [-0.2, -0.15) is 0 Å². The Labute approximate surface area is 124 Å². The zero-order chi connectivity index (χ0) is 15.0. The van der Waals surface area contributed by atoms with Gasteiger partial charge < -0.3 is 10.4 Å². The van der Waals surface area contributed by atoms with Crippen LogP contribution < -0.4 is 5.32 Å². The Kier molecular flexibility index (Phi) is 3.47. The molecule has 0 bridgehead atoms. The molecule has 2 saturated carbocycles. The van der Waals surface area contributed by atoms with E-state index in [-0.39, 0.29) is 11.8 Å². The third-order valence-electron chi connectivity index (χ3n) is 5.06. The minimum Gasteiger partial charge on any atom is -0.481 e. The van der Waals surface area contributed by atoms with Crippen LogP contribution in [-0.2, 0) is 15.0 Å². The summed E-state index contributed by atoms with van der Waals surface area (Å²) in [5, 5.41) is 12.2. The topological polar surface area (TPSA) is 66.4 Å². The van der Waals surface area contributed by atoms with E-state index >= 15 is 0 Å². The number of anilines is 1. The van der Waals surface area contributed by atoms with Gasteiger partial charge in [0.05, 0.1) is 5.41 Å². The summed E-state index contributed by atoms with van der Waals surface area (Å²) in [6, 6.07) is 7.29. The van der Waals surface area contributed by atoms with Crippen LogP contribution in [0.25, 0.3) is 0 Å². The number of hydrogen-bond donors (Lipinski definition) is 2. The molecule has 4 heteroatoms. The Balaban J connectivity index is 1.68. The van der Waals surface area contributed by atoms with Gasteiger partial charge in [-0.3, -0.25) is 9.59 Å². The largest absolute Gasteiger partial charge is 0.481 e. The van der Waals surface area contributed by atoms with E-state index < -0.39 is 11.4 Å². The molecule has 2 fully saturated rings. The van der Waals surface area contributed by atoms with Gasteiger partial charge in [-0.1, -0.05) is 25.5 Å². The molecule has 0 spiro atoms. The number of amides is 1. The van der Waals surface area contributed by atoms with Gasteiger partial charge in [0, 0.05) is 11.6 Å². The SMILES string of the molecule is CC1CCCC1C(=O)Nc1ccc(C2(C(=O)O)CC2)cc1. The first kappa shape index (κ1) is 14.1. The maximum Gasteiger partial charge on any atom is 0.314 e. The minimum absolute atomic E-state index is 0.0899. The lowest BCUT2D eigenvalue weighted by molar-refractivity contribution is -0.140. The Bertz CT molecular complexity index is 560. The van der Waals surface area contributed by atoms with Crippen molar-refractivity contribution in [1.29, 1.82) is 0 Å². The molecule has 0 aliphatic heterocycles. The predicted octanol–water partition coefficient (Wildman–Crippen LogP) is 3.18. The molecule has 2 unspecified atom stereocenters. The standard InChI is InChI=1S/C17H21NO3/c1-11-3-2-4-14(11)15(19)18-13-7-5-12(6-8-13)17(9-10-17)16(20)21/h5-8,11,14H,2-4,9-10H2,1H3,(H,18,19)(H,20,21). The molecular formula is C17H21NO3. The van der Waals surface area contributed by atoms with Crippen molar-refractivity contribution in [3.05, 3.63) is 29.8 Å². The van der Waals surface area contributed by atoms with Gasteiger partial charge in [0.25, 0.3) is 0 Å². The predicted molar refractivity (Wildman–Crippen MR) is 80.1 cm³/mol. The van der Waals surface area contributed by atoms with Crippen LogP contribution in [0.3, 0.4) is 0 Å². The fourth-order valence-corrected chi connectivity index (χ4v) is 3.39. The van der Waals surface area contributed by atoms with Crippen molar-refractivity contribution in [2.24, 2.45) is 11.8 Å². The number of nitrogens with one attached hydrogen (secondary N) is 1. The van der Waals surface area contributed by atoms with E-state index in [0.29, 0.717) is 18.8 Å². The summed E-state index contributed by atoms with van der Waals surface area (Å²) >= 11 is 0. The van der Waals surface area contributed by atoms with Crippen LogP contribution in [0.5, 0.6) is 0 Å². The number of carboxylic acids is 1. The number of hydrogen-bond acceptors (Lipinski definition) is 2. The van der Waals surface area contributed by atoms with Crippen molar-refractivity contribution < 1.29 is 14.7 Å². The van der Waals surface area contributed by atoms with Gasteiger partial charge >= 0.3 is 5.97 Å². The Hall–Kier alpha value is -1.84. The fraction of sp³-hybridized carbons (Fsp3) is 0.529. The summed E-state index contributed by atoms with van der Waals surface area (Å²) < 4.78 is 0. The maximum atomic E-state index is 12.2. The highest BCUT2D eigenvalue weighted by Crippen LogP contribution is 2.48. The Morgan fingerprint density at radius 2 is 1.86 bits per heavy atom. The van der Waals surface area contributed by atoms with Crippen molar-refractivity contribution in [3.8, 4) is 0 Å². The molecular weight excluding hydrogens is 266 g/mol. The quantitative estimate of drug-likeness (QED) is 0.893. The van der Waals surface area contributed by atoms with E-state index in [9.17, 15) is 14.7 Å². The molecule has 4 nitrogen and oxygen atoms in total. The minimum atomic E-state index is -0.751. The smallest absolute Gasteiger partial charge is 0.314 e. The molecule has 1 amide bonds. The normalized spacial score (nSPS) is 26.3. The number of benzene rings is 1. The third kappa shape index (κ3) is 2.55. The van der Waals surface area contributed by atoms with E-state index in [2.05, 4.69) is 12.2 Å². The van der Waals surface area contributed by atoms with Gasteiger partial charge in [-0.15, -0.1) is 0 Å². The van der Waals surface area contributed by atoms with Crippen LogP contribution in [0.15, 0.2) is 24.3 Å². The average molecular weight is 287 g/mol. The van der Waals surface area contributed by atoms with Crippen LogP contribution in [0.4, 0.5) is 5.69 Å². The molecule has 0 saturated heterocycles. The second-order valence-corrected chi connectivity index (χ2v) is 6.47. The molecule has 0 heterocycles. The number of aliphatic carboxylic acids is 1. The molecule has 1 aromatic rings. The first-order valence-electron chi connectivity index (χ1n) is 7.68. The van der Waals surface area contributed by atoms with E-state index in [1.807, 2.05) is 24.3 Å². The highest BCUT2D eigenvalue weighted by Gasteiger charge is 2.51. The molecule has 21 heavy (non-hydrogen) atoms. The van der Waals surface area contributed by atoms with E-state index in [0.717, 1.165) is 30.5 Å². The van der Waals surface area contributed by atoms with E-state index in [4.69, 9.17) is 0 Å². The molecule has 2 aliphatic carbocycles. The van der Waals surface area contributed by atoms with Crippen molar-refractivity contribution in [2.45, 2.75) is 44.4 Å². The number of carbonyl (C=O) groups excluding carboxylic acids is 1. The maximum absolute atomic E-state index is 12.2. The van der Waals surface area contributed by atoms with Crippen LogP contribution >= 0.6 is 0 Å². The summed E-state index contributed by atoms with van der Waals surface area (Å²) in [5.74, 6) is -0.101. The number of carboxylic acid groups (broad SMARTS) is 1. The first-order chi connectivity index (χ1) is 10.0. The van der Waals surface area contributed by atoms with Gasteiger partial charge in [0.2, 0.25) is 5.91 Å². The van der Waals surface area contributed by atoms with Gasteiger partial charge in [-0.25, -0.2) is 0 Å². The lowest BCUT2D eigenvalue weighted by Gasteiger charge is -2.16. The van der Waals surface area contributed by atoms with Gasteiger partial charge in [0.15, 0.2) is 0 Å². The highest BCUT2D eigenvalue weighted by molar-refractivity contribution is 5.93. The van der Waals surface area contributed by atoms with E-state index in [1.165, 1.54) is 0 Å². The lowest BCUT2D eigenvalue weighted by Crippen LogP contribution is -2.24. The molecule has 0 aromatic heterocycles. The summed E-state index contributed by atoms with van der Waals surface area (Å²) in [5.41, 5.74) is 0.911. The summed E-state index contributed by atoms with van der Waals surface area (Å²) in [6.07, 6.45) is 4.62. The molecule has 112 valence electrons. The summed E-state index contributed by atoms with van der Waals surface area (Å²) in [4.78, 5) is 23.5. The van der Waals surface area contributed by atoms with Gasteiger partial charge in [-0.05, 0) is 49.3 Å². The average Bonchev–Trinajstić information content (AvgIpc) is 3.16. The molecule has 2 N–H and O–H groups in total. The van der Waals surface area contributed by atoms with Crippen LogP contribution in [0.2, 0.25) is 0 Å². The molecule has 3 rings (SSSR count). The van der Waals surface area contributed by atoms with Crippen LogP contribution in [-0.4, -0.2) is 17.0 Å². The first-order valence-corrected chi connectivity index (χ1v) is 7.68. The summed E-state index contributed by atoms with van der Waals surface area (Å²) in [7, 11) is 0. The lowest BCUT2D eigenvalue weighted by atomic mass is 9.95. The van der Waals surface area contributed by atoms with Crippen molar-refractivity contribution >= 4 is 17.6 Å². The van der Waals surface area contributed by atoms with E-state index in [1.54, 1.807) is 0 Å². The number of rotatable bonds is 4. The monoisotopic (exact) mass is 287 g/mol. The van der Waals surface area contributed by atoms with Crippen LogP contribution in [0.1, 0.15) is 44.6 Å². The highest BCUT2D eigenvalue weighted by atomic mass is 16.4. The van der Waals surface area contributed by atoms with Crippen molar-refractivity contribution in [1.82, 2.24) is 0 Å².